The summed E-state index contributed by atoms with van der Waals surface area (Å²) < 4.78 is 43.0. The van der Waals surface area contributed by atoms with Crippen molar-refractivity contribution in [2.24, 2.45) is 5.92 Å². The molecule has 0 aliphatic carbocycles. The summed E-state index contributed by atoms with van der Waals surface area (Å²) in [6, 6.07) is 2.82. The fourth-order valence-corrected chi connectivity index (χ4v) is 2.13. The van der Waals surface area contributed by atoms with E-state index in [1.54, 1.807) is 20.8 Å². The molecule has 1 rings (SSSR count). The quantitative estimate of drug-likeness (QED) is 0.595. The Hall–Kier alpha value is -1.56. The number of ketones is 1. The van der Waals surface area contributed by atoms with Crippen molar-refractivity contribution in [2.45, 2.75) is 45.9 Å². The van der Waals surface area contributed by atoms with Gasteiger partial charge in [-0.15, -0.1) is 0 Å². The van der Waals surface area contributed by atoms with Gasteiger partial charge in [-0.3, -0.25) is 9.59 Å². The molecule has 1 atom stereocenters. The Balaban J connectivity index is 3.02. The molecule has 0 aliphatic heterocycles. The van der Waals surface area contributed by atoms with Crippen molar-refractivity contribution < 1.29 is 27.5 Å². The van der Waals surface area contributed by atoms with Crippen LogP contribution in [0.2, 0.25) is 5.02 Å². The van der Waals surface area contributed by atoms with Gasteiger partial charge in [0.2, 0.25) is 0 Å². The van der Waals surface area contributed by atoms with Gasteiger partial charge in [-0.25, -0.2) is 0 Å². The molecule has 0 N–H and O–H groups in total. The Kier molecular flexibility index (Phi) is 5.85. The summed E-state index contributed by atoms with van der Waals surface area (Å²) in [4.78, 5) is 23.8. The number of hydrogen-bond donors (Lipinski definition) is 0. The zero-order valence-electron chi connectivity index (χ0n) is 13.3. The van der Waals surface area contributed by atoms with Gasteiger partial charge in [0, 0.05) is 5.02 Å². The lowest BCUT2D eigenvalue weighted by Crippen LogP contribution is -2.33. The van der Waals surface area contributed by atoms with Crippen molar-refractivity contribution >= 4 is 23.4 Å². The Morgan fingerprint density at radius 1 is 1.22 bits per heavy atom. The summed E-state index contributed by atoms with van der Waals surface area (Å²) in [6.07, 6.45) is -4.62. The number of esters is 1. The Morgan fingerprint density at radius 3 is 2.17 bits per heavy atom. The van der Waals surface area contributed by atoms with Crippen LogP contribution in [-0.4, -0.2) is 17.4 Å². The lowest BCUT2D eigenvalue weighted by molar-refractivity contribution is -0.161. The SMILES string of the molecule is CC(=O)C(Cc1ccc(C(F)(F)F)cc1Cl)C(=O)OC(C)(C)C. The maximum Gasteiger partial charge on any atom is 0.416 e. The fourth-order valence-electron chi connectivity index (χ4n) is 1.88. The molecule has 0 heterocycles. The molecular formula is C16H18ClF3O3. The molecule has 0 aliphatic rings. The highest BCUT2D eigenvalue weighted by Gasteiger charge is 2.32. The predicted molar refractivity (Wildman–Crippen MR) is 80.2 cm³/mol. The minimum absolute atomic E-state index is 0.110. The van der Waals surface area contributed by atoms with Gasteiger partial charge in [0.25, 0.3) is 0 Å². The molecule has 7 heteroatoms. The van der Waals surface area contributed by atoms with Crippen molar-refractivity contribution in [1.82, 2.24) is 0 Å². The van der Waals surface area contributed by atoms with Gasteiger partial charge >= 0.3 is 12.1 Å². The van der Waals surface area contributed by atoms with Crippen LogP contribution in [0.4, 0.5) is 13.2 Å². The average Bonchev–Trinajstić information content (AvgIpc) is 2.33. The van der Waals surface area contributed by atoms with E-state index in [4.69, 9.17) is 16.3 Å². The van der Waals surface area contributed by atoms with Crippen molar-refractivity contribution in [3.05, 3.63) is 34.3 Å². The number of carbonyl (C=O) groups is 2. The summed E-state index contributed by atoms with van der Waals surface area (Å²) in [5.41, 5.74) is -1.37. The smallest absolute Gasteiger partial charge is 0.416 e. The van der Waals surface area contributed by atoms with Crippen LogP contribution in [0.5, 0.6) is 0 Å². The first-order valence-corrected chi connectivity index (χ1v) is 7.28. The molecule has 0 radical (unpaired) electrons. The van der Waals surface area contributed by atoms with Gasteiger partial charge < -0.3 is 4.74 Å². The minimum atomic E-state index is -4.51. The molecule has 1 aromatic carbocycles. The van der Waals surface area contributed by atoms with Gasteiger partial charge in [0.1, 0.15) is 17.3 Å². The third-order valence-corrected chi connectivity index (χ3v) is 3.34. The second-order valence-corrected chi connectivity index (χ2v) is 6.61. The predicted octanol–water partition coefficient (Wildman–Crippen LogP) is 4.45. The summed E-state index contributed by atoms with van der Waals surface area (Å²) in [5, 5.41) is -0.144. The van der Waals surface area contributed by atoms with Crippen LogP contribution in [0.25, 0.3) is 0 Å². The van der Waals surface area contributed by atoms with Crippen LogP contribution >= 0.6 is 11.6 Å². The van der Waals surface area contributed by atoms with Crippen molar-refractivity contribution in [3.8, 4) is 0 Å². The number of carbonyl (C=O) groups excluding carboxylic acids is 2. The first-order chi connectivity index (χ1) is 10.3. The molecule has 0 bridgehead atoms. The number of hydrogen-bond acceptors (Lipinski definition) is 3. The van der Waals surface area contributed by atoms with E-state index in [9.17, 15) is 22.8 Å². The van der Waals surface area contributed by atoms with Gasteiger partial charge in [0.05, 0.1) is 5.56 Å². The van der Waals surface area contributed by atoms with Crippen LogP contribution in [0.3, 0.4) is 0 Å². The van der Waals surface area contributed by atoms with E-state index in [-0.39, 0.29) is 17.0 Å². The van der Waals surface area contributed by atoms with Crippen LogP contribution in [0, 0.1) is 5.92 Å². The molecular weight excluding hydrogens is 333 g/mol. The van der Waals surface area contributed by atoms with E-state index in [0.717, 1.165) is 12.1 Å². The molecule has 0 saturated carbocycles. The Morgan fingerprint density at radius 2 is 1.78 bits per heavy atom. The molecule has 1 aromatic rings. The fraction of sp³-hybridized carbons (Fsp3) is 0.500. The number of halogens is 4. The third kappa shape index (κ3) is 5.86. The monoisotopic (exact) mass is 350 g/mol. The number of alkyl halides is 3. The summed E-state index contributed by atoms with van der Waals surface area (Å²) in [6.45, 7) is 6.21. The molecule has 3 nitrogen and oxygen atoms in total. The van der Waals surface area contributed by atoms with Gasteiger partial charge in [0.15, 0.2) is 0 Å². The number of ether oxygens (including phenoxy) is 1. The van der Waals surface area contributed by atoms with Gasteiger partial charge in [-0.2, -0.15) is 13.2 Å². The Labute approximate surface area is 137 Å². The van der Waals surface area contributed by atoms with Crippen LogP contribution in [0.1, 0.15) is 38.8 Å². The van der Waals surface area contributed by atoms with Crippen molar-refractivity contribution in [3.63, 3.8) is 0 Å². The summed E-state index contributed by atoms with van der Waals surface area (Å²) in [7, 11) is 0. The molecule has 0 fully saturated rings. The van der Waals surface area contributed by atoms with E-state index in [2.05, 4.69) is 0 Å². The largest absolute Gasteiger partial charge is 0.459 e. The minimum Gasteiger partial charge on any atom is -0.459 e. The van der Waals surface area contributed by atoms with Crippen LogP contribution < -0.4 is 0 Å². The van der Waals surface area contributed by atoms with E-state index in [1.165, 1.54) is 13.0 Å². The zero-order valence-corrected chi connectivity index (χ0v) is 14.0. The van der Waals surface area contributed by atoms with E-state index >= 15 is 0 Å². The molecule has 0 amide bonds. The topological polar surface area (TPSA) is 43.4 Å². The normalized spacial score (nSPS) is 13.6. The molecule has 0 saturated heterocycles. The molecule has 128 valence electrons. The lowest BCUT2D eigenvalue weighted by atomic mass is 9.95. The maximum atomic E-state index is 12.6. The summed E-state index contributed by atoms with van der Waals surface area (Å²) in [5.74, 6) is -2.26. The second-order valence-electron chi connectivity index (χ2n) is 6.20. The maximum absolute atomic E-state index is 12.6. The molecule has 23 heavy (non-hydrogen) atoms. The zero-order chi connectivity index (χ0) is 18.0. The van der Waals surface area contributed by atoms with E-state index in [0.29, 0.717) is 0 Å². The number of Topliss-reactive ketones (excluding diaryl/α,β-unsaturated/α-hetero) is 1. The molecule has 1 unspecified atom stereocenters. The van der Waals surface area contributed by atoms with Crippen LogP contribution in [-0.2, 0) is 26.9 Å². The van der Waals surface area contributed by atoms with Gasteiger partial charge in [-0.1, -0.05) is 17.7 Å². The van der Waals surface area contributed by atoms with Gasteiger partial charge in [-0.05, 0) is 51.8 Å². The average molecular weight is 351 g/mol. The standard InChI is InChI=1S/C16H18ClF3O3/c1-9(21)12(14(22)23-15(2,3)4)7-10-5-6-11(8-13(10)17)16(18,19)20/h5-6,8,12H,7H2,1-4H3. The van der Waals surface area contributed by atoms with Crippen LogP contribution in [0.15, 0.2) is 18.2 Å². The highest BCUT2D eigenvalue weighted by atomic mass is 35.5. The Bertz CT molecular complexity index is 604. The third-order valence-electron chi connectivity index (χ3n) is 2.99. The highest BCUT2D eigenvalue weighted by molar-refractivity contribution is 6.31. The first kappa shape index (κ1) is 19.5. The second kappa shape index (κ2) is 6.91. The van der Waals surface area contributed by atoms with Crippen molar-refractivity contribution in [1.29, 1.82) is 0 Å². The lowest BCUT2D eigenvalue weighted by Gasteiger charge is -2.23. The first-order valence-electron chi connectivity index (χ1n) is 6.90. The number of rotatable bonds is 4. The molecule has 0 aromatic heterocycles. The van der Waals surface area contributed by atoms with Crippen molar-refractivity contribution in [2.75, 3.05) is 0 Å². The van der Waals surface area contributed by atoms with E-state index in [1.807, 2.05) is 0 Å². The molecule has 0 spiro atoms. The summed E-state index contributed by atoms with van der Waals surface area (Å²) >= 11 is 5.86. The van der Waals surface area contributed by atoms with E-state index < -0.39 is 35.0 Å². The number of benzene rings is 1. The highest BCUT2D eigenvalue weighted by Crippen LogP contribution is 2.33.